The molecule has 0 saturated heterocycles. The number of carbonyl (C=O) groups is 1. The van der Waals surface area contributed by atoms with Crippen molar-refractivity contribution in [3.05, 3.63) is 59.7 Å². The van der Waals surface area contributed by atoms with Gasteiger partial charge in [0.15, 0.2) is 5.16 Å². The monoisotopic (exact) mass is 323 g/mol. The van der Waals surface area contributed by atoms with Crippen molar-refractivity contribution >= 4 is 34.5 Å². The molecule has 0 spiro atoms. The smallest absolute Gasteiger partial charge is 0.248 e. The fraction of sp³-hybridized carbons (Fsp3) is 0.0625. The number of para-hydroxylation sites is 2. The third kappa shape index (κ3) is 2.44. The van der Waals surface area contributed by atoms with E-state index in [1.807, 2.05) is 40.8 Å². The van der Waals surface area contributed by atoms with Crippen molar-refractivity contribution < 1.29 is 4.79 Å². The van der Waals surface area contributed by atoms with Gasteiger partial charge >= 0.3 is 0 Å². The summed E-state index contributed by atoms with van der Waals surface area (Å²) in [7, 11) is 0. The predicted octanol–water partition coefficient (Wildman–Crippen LogP) is 2.60. The van der Waals surface area contributed by atoms with Crippen molar-refractivity contribution in [2.45, 2.75) is 10.9 Å². The minimum absolute atomic E-state index is 0.414. The largest absolute Gasteiger partial charge is 0.366 e. The Morgan fingerprint density at radius 3 is 2.74 bits per heavy atom. The number of hydrogen-bond donors (Lipinski definition) is 2. The number of rotatable bonds is 4. The predicted molar refractivity (Wildman–Crippen MR) is 89.4 cm³/mol. The second-order valence-electron chi connectivity index (χ2n) is 5.12. The minimum atomic E-state index is -0.414. The fourth-order valence-corrected chi connectivity index (χ4v) is 3.36. The average Bonchev–Trinajstić information content (AvgIpc) is 3.12. The van der Waals surface area contributed by atoms with E-state index in [9.17, 15) is 4.79 Å². The summed E-state index contributed by atoms with van der Waals surface area (Å²) in [6.45, 7) is 0. The number of hydrogen-bond acceptors (Lipinski definition) is 4. The standard InChI is InChI=1S/C16H13N5OS/c17-14(22)11-7-5-10(6-8-11)9-23-16-20-19-15-18-12-3-1-2-4-13(12)21(15)16/h1-8H,9H2,(H2,17,22)(H,18,19). The molecule has 23 heavy (non-hydrogen) atoms. The van der Waals surface area contributed by atoms with E-state index < -0.39 is 5.91 Å². The van der Waals surface area contributed by atoms with Crippen LogP contribution in [0.1, 0.15) is 15.9 Å². The highest BCUT2D eigenvalue weighted by Crippen LogP contribution is 2.25. The van der Waals surface area contributed by atoms with Gasteiger partial charge in [0.2, 0.25) is 11.7 Å². The Balaban J connectivity index is 1.61. The Bertz CT molecular complexity index is 1000. The molecule has 1 amide bonds. The number of nitrogens with two attached hydrogens (primary N) is 1. The van der Waals surface area contributed by atoms with Crippen LogP contribution in [0, 0.1) is 0 Å². The van der Waals surface area contributed by atoms with E-state index in [0.717, 1.165) is 33.3 Å². The van der Waals surface area contributed by atoms with Crippen LogP contribution in [-0.2, 0) is 5.75 Å². The van der Waals surface area contributed by atoms with Crippen LogP contribution in [0.2, 0.25) is 0 Å². The van der Waals surface area contributed by atoms with Gasteiger partial charge in [0, 0.05) is 11.3 Å². The van der Waals surface area contributed by atoms with Crippen LogP contribution in [0.15, 0.2) is 53.7 Å². The first-order chi connectivity index (χ1) is 11.2. The number of imidazole rings is 1. The lowest BCUT2D eigenvalue weighted by atomic mass is 10.1. The topological polar surface area (TPSA) is 89.1 Å². The van der Waals surface area contributed by atoms with Crippen molar-refractivity contribution in [2.24, 2.45) is 5.73 Å². The molecule has 2 heterocycles. The van der Waals surface area contributed by atoms with E-state index in [1.165, 1.54) is 0 Å². The van der Waals surface area contributed by atoms with Gasteiger partial charge in [-0.05, 0) is 29.8 Å². The molecule has 7 heteroatoms. The molecule has 3 N–H and O–H groups in total. The van der Waals surface area contributed by atoms with Crippen molar-refractivity contribution in [3.63, 3.8) is 0 Å². The minimum Gasteiger partial charge on any atom is -0.366 e. The molecule has 2 aromatic heterocycles. The Kier molecular flexibility index (Phi) is 3.27. The lowest BCUT2D eigenvalue weighted by Gasteiger charge is -2.01. The summed E-state index contributed by atoms with van der Waals surface area (Å²) >= 11 is 1.61. The molecule has 0 bridgehead atoms. The molecule has 4 aromatic rings. The van der Waals surface area contributed by atoms with Gasteiger partial charge in [-0.25, -0.2) is 10.1 Å². The summed E-state index contributed by atoms with van der Waals surface area (Å²) in [6.07, 6.45) is 0. The van der Waals surface area contributed by atoms with Crippen LogP contribution < -0.4 is 5.73 Å². The van der Waals surface area contributed by atoms with Gasteiger partial charge in [0.1, 0.15) is 0 Å². The van der Waals surface area contributed by atoms with E-state index >= 15 is 0 Å². The Labute approximate surface area is 135 Å². The highest BCUT2D eigenvalue weighted by atomic mass is 32.2. The van der Waals surface area contributed by atoms with E-state index in [4.69, 9.17) is 5.73 Å². The van der Waals surface area contributed by atoms with Crippen LogP contribution in [0.5, 0.6) is 0 Å². The zero-order valence-corrected chi connectivity index (χ0v) is 12.9. The van der Waals surface area contributed by atoms with E-state index in [-0.39, 0.29) is 0 Å². The lowest BCUT2D eigenvalue weighted by molar-refractivity contribution is 0.100. The average molecular weight is 323 g/mol. The lowest BCUT2D eigenvalue weighted by Crippen LogP contribution is -2.10. The molecule has 0 aliphatic heterocycles. The number of aromatic nitrogens is 4. The summed E-state index contributed by atoms with van der Waals surface area (Å²) in [5.74, 6) is 1.06. The third-order valence-electron chi connectivity index (χ3n) is 3.61. The molecule has 0 atom stereocenters. The molecular formula is C16H13N5OS. The van der Waals surface area contributed by atoms with Crippen molar-refractivity contribution in [1.82, 2.24) is 19.6 Å². The molecule has 0 aliphatic rings. The number of amides is 1. The molecule has 0 unspecified atom stereocenters. The van der Waals surface area contributed by atoms with Crippen LogP contribution in [-0.4, -0.2) is 25.5 Å². The van der Waals surface area contributed by atoms with Crippen molar-refractivity contribution in [3.8, 4) is 0 Å². The molecule has 114 valence electrons. The number of nitrogens with zero attached hydrogens (tertiary/aromatic N) is 3. The van der Waals surface area contributed by atoms with Gasteiger partial charge in [-0.15, -0.1) is 5.10 Å². The molecular weight excluding hydrogens is 310 g/mol. The zero-order valence-electron chi connectivity index (χ0n) is 12.1. The second kappa shape index (κ2) is 5.44. The van der Waals surface area contributed by atoms with E-state index in [2.05, 4.69) is 15.2 Å². The zero-order chi connectivity index (χ0) is 15.8. The van der Waals surface area contributed by atoms with Crippen LogP contribution in [0.3, 0.4) is 0 Å². The highest BCUT2D eigenvalue weighted by Gasteiger charge is 2.11. The van der Waals surface area contributed by atoms with E-state index in [1.54, 1.807) is 23.9 Å². The summed E-state index contributed by atoms with van der Waals surface area (Å²) in [6, 6.07) is 15.3. The fourth-order valence-electron chi connectivity index (χ4n) is 2.45. The number of benzene rings is 2. The Hall–Kier alpha value is -2.80. The van der Waals surface area contributed by atoms with E-state index in [0.29, 0.717) is 5.56 Å². The van der Waals surface area contributed by atoms with Gasteiger partial charge in [-0.1, -0.05) is 36.0 Å². The number of thioether (sulfide) groups is 1. The van der Waals surface area contributed by atoms with Crippen molar-refractivity contribution in [1.29, 1.82) is 0 Å². The number of H-pyrrole nitrogens is 1. The maximum absolute atomic E-state index is 11.1. The van der Waals surface area contributed by atoms with Crippen LogP contribution in [0.4, 0.5) is 0 Å². The Morgan fingerprint density at radius 2 is 1.96 bits per heavy atom. The maximum Gasteiger partial charge on any atom is 0.248 e. The van der Waals surface area contributed by atoms with Gasteiger partial charge in [-0.2, -0.15) is 0 Å². The maximum atomic E-state index is 11.1. The van der Waals surface area contributed by atoms with Crippen LogP contribution >= 0.6 is 11.8 Å². The van der Waals surface area contributed by atoms with Gasteiger partial charge in [0.25, 0.3) is 0 Å². The highest BCUT2D eigenvalue weighted by molar-refractivity contribution is 7.98. The second-order valence-corrected chi connectivity index (χ2v) is 6.06. The number of aromatic amines is 1. The first kappa shape index (κ1) is 13.8. The molecule has 0 aliphatic carbocycles. The SMILES string of the molecule is NC(=O)c1ccc(CSc2n[nH]c3nc4ccccc4n23)cc1. The van der Waals surface area contributed by atoms with Gasteiger partial charge < -0.3 is 5.73 Å². The summed E-state index contributed by atoms with van der Waals surface area (Å²) in [5, 5.41) is 8.14. The van der Waals surface area contributed by atoms with Crippen molar-refractivity contribution in [2.75, 3.05) is 0 Å². The number of carbonyl (C=O) groups excluding carboxylic acids is 1. The first-order valence-electron chi connectivity index (χ1n) is 7.05. The number of fused-ring (bicyclic) bond motifs is 3. The van der Waals surface area contributed by atoms with Gasteiger partial charge in [0.05, 0.1) is 11.0 Å². The normalized spacial score (nSPS) is 11.3. The number of primary amides is 1. The van der Waals surface area contributed by atoms with Gasteiger partial charge in [-0.3, -0.25) is 9.20 Å². The molecule has 0 radical (unpaired) electrons. The molecule has 0 fully saturated rings. The van der Waals surface area contributed by atoms with Crippen LogP contribution in [0.25, 0.3) is 16.8 Å². The summed E-state index contributed by atoms with van der Waals surface area (Å²) in [5.41, 5.74) is 8.83. The summed E-state index contributed by atoms with van der Waals surface area (Å²) in [4.78, 5) is 15.6. The molecule has 4 rings (SSSR count). The first-order valence-corrected chi connectivity index (χ1v) is 8.04. The molecule has 0 saturated carbocycles. The number of nitrogens with one attached hydrogen (secondary N) is 1. The summed E-state index contributed by atoms with van der Waals surface area (Å²) < 4.78 is 2.01. The quantitative estimate of drug-likeness (QED) is 0.565. The third-order valence-corrected chi connectivity index (χ3v) is 4.62. The molecule has 2 aromatic carbocycles. The molecule has 6 nitrogen and oxygen atoms in total. The Morgan fingerprint density at radius 1 is 1.17 bits per heavy atom.